The Hall–Kier alpha value is -8.04. The maximum atomic E-state index is 13.8. The Labute approximate surface area is 557 Å². The predicted octanol–water partition coefficient (Wildman–Crippen LogP) is 8.94. The van der Waals surface area contributed by atoms with Crippen LogP contribution in [0.15, 0.2) is 155 Å². The summed E-state index contributed by atoms with van der Waals surface area (Å²) in [6.45, 7) is -2.54. The molecule has 0 spiro atoms. The van der Waals surface area contributed by atoms with Crippen LogP contribution in [0, 0.1) is 0 Å². The number of benzene rings is 4. The van der Waals surface area contributed by atoms with Crippen LogP contribution in [-0.2, 0) is 68.7 Å². The molecule has 10 N–H and O–H groups in total. The van der Waals surface area contributed by atoms with Crippen molar-refractivity contribution in [2.24, 2.45) is 0 Å². The van der Waals surface area contributed by atoms with Crippen LogP contribution >= 0.6 is 54.8 Å². The number of rotatable bonds is 29. The van der Waals surface area contributed by atoms with E-state index in [0.717, 1.165) is 23.2 Å². The van der Waals surface area contributed by atoms with E-state index in [1.54, 1.807) is 54.8 Å². The molecule has 4 amide bonds. The number of ether oxygens (including phenoxy) is 6. The lowest BCUT2D eigenvalue weighted by Gasteiger charge is -2.25. The average Bonchev–Trinajstić information content (AvgIpc) is 1.60. The standard InChI is InChI=1S/C53H56F3N11O25P4S2/c1-97-27-24-57-43-38-44(65-47(64-43)98-26-23-53(54,55)56)67(30-58-38)46-42(89-52(73)62-34-20-12-5-13-21-34)40(87-50(71)60-32-16-8-3-9-17-32)36(85-46)29-83-94(76,77)91-96(80,81)92-95(78,79)90-93(74,75)82-28-35-39(86-49(70)59-31-14-6-2-7-15-31)41(88-51(72)61-33-18-10-4-11-19-33)45(84-35)66-25-22-37(68)63-48(66)69/h2-22,25,30,35-36,39-42,45-46H,23-24,26-29H2,1H3,(H,59,70)(H,60,71)(H,61,72)(H,62,73)(H,74,75)(H,76,77)(H,78,79)(H,80,81)(H,57,64,65)(H,63,68,69)/t35-,36-,39-,40-,41-,42-,45-,46-/m1/s1. The van der Waals surface area contributed by atoms with E-state index in [1.807, 2.05) is 4.98 Å². The third kappa shape index (κ3) is 21.5. The van der Waals surface area contributed by atoms with Crippen LogP contribution in [0.3, 0.4) is 0 Å². The third-order valence-corrected chi connectivity index (χ3v) is 20.4. The van der Waals surface area contributed by atoms with E-state index in [2.05, 4.69) is 54.5 Å². The highest BCUT2D eigenvalue weighted by molar-refractivity contribution is 7.99. The number of fused-ring (bicyclic) bond motifs is 1. The second kappa shape index (κ2) is 32.8. The third-order valence-electron chi connectivity index (χ3n) is 13.1. The van der Waals surface area contributed by atoms with Gasteiger partial charge in [0.2, 0.25) is 0 Å². The number of anilines is 5. The van der Waals surface area contributed by atoms with Crippen LogP contribution in [0.1, 0.15) is 18.9 Å². The lowest BCUT2D eigenvalue weighted by Crippen LogP contribution is -2.44. The molecule has 45 heteroatoms. The number of nitrogens with one attached hydrogen (secondary N) is 6. The second-order valence-corrected chi connectivity index (χ2v) is 28.4. The maximum Gasteiger partial charge on any atom is 0.490 e. The van der Waals surface area contributed by atoms with Crippen LogP contribution in [0.4, 0.5) is 60.9 Å². The molecule has 5 heterocycles. The van der Waals surface area contributed by atoms with Crippen molar-refractivity contribution in [1.82, 2.24) is 29.1 Å². The van der Waals surface area contributed by atoms with Gasteiger partial charge in [0.1, 0.15) is 12.2 Å². The molecule has 0 radical (unpaired) electrons. The van der Waals surface area contributed by atoms with Gasteiger partial charge >= 0.3 is 67.5 Å². The van der Waals surface area contributed by atoms with Gasteiger partial charge in [0.05, 0.1) is 26.0 Å². The number of imidazole rings is 1. The zero-order valence-electron chi connectivity index (χ0n) is 50.0. The molecule has 526 valence electrons. The minimum atomic E-state index is -6.61. The van der Waals surface area contributed by atoms with Crippen molar-refractivity contribution in [3.8, 4) is 0 Å². The van der Waals surface area contributed by atoms with Gasteiger partial charge in [-0.1, -0.05) is 84.6 Å². The molecule has 0 bridgehead atoms. The molecule has 0 aliphatic carbocycles. The van der Waals surface area contributed by atoms with Gasteiger partial charge in [0, 0.05) is 53.1 Å². The van der Waals surface area contributed by atoms with E-state index < -0.39 is 148 Å². The van der Waals surface area contributed by atoms with Crippen molar-refractivity contribution in [2.75, 3.05) is 64.1 Å². The van der Waals surface area contributed by atoms with Gasteiger partial charge in [0.15, 0.2) is 59.0 Å². The lowest BCUT2D eigenvalue weighted by atomic mass is 10.1. The number of para-hydroxylation sites is 4. The normalized spacial score (nSPS) is 21.6. The van der Waals surface area contributed by atoms with Gasteiger partial charge in [0.25, 0.3) is 5.56 Å². The van der Waals surface area contributed by atoms with Crippen molar-refractivity contribution in [1.29, 1.82) is 0 Å². The summed E-state index contributed by atoms with van der Waals surface area (Å²) in [7, 11) is -25.7. The largest absolute Gasteiger partial charge is 0.490 e. The van der Waals surface area contributed by atoms with E-state index in [4.69, 9.17) is 37.5 Å². The average molecular weight is 1490 g/mol. The monoisotopic (exact) mass is 1490 g/mol. The molecule has 2 saturated heterocycles. The van der Waals surface area contributed by atoms with Gasteiger partial charge < -0.3 is 53.3 Å². The zero-order chi connectivity index (χ0) is 70.4. The second-order valence-electron chi connectivity index (χ2n) is 20.1. The van der Waals surface area contributed by atoms with Gasteiger partial charge in [-0.25, -0.2) is 57.2 Å². The van der Waals surface area contributed by atoms with Crippen LogP contribution in [0.5, 0.6) is 0 Å². The summed E-state index contributed by atoms with van der Waals surface area (Å²) in [5, 5.41) is 12.5. The number of aromatic nitrogens is 6. The van der Waals surface area contributed by atoms with Gasteiger partial charge in [-0.05, 0) is 54.8 Å². The first kappa shape index (κ1) is 74.2. The van der Waals surface area contributed by atoms with Crippen molar-refractivity contribution in [2.45, 2.75) is 66.8 Å². The SMILES string of the molecule is CSCCNc1nc(SCCC(F)(F)F)nc2c1ncn2[C@@H]1O[C@H](COP(=O)(O)OP(=O)(O)OP(=O)(O)OP(=O)(O)OC[C@H]2O[C@@H](n3ccc(=O)[nH]c3=O)[C@H](OC(=O)Nc3ccccc3)[C@@H]2OC(=O)Nc2ccccc2)[C@@H](OC(=O)Nc2ccccc2)[C@H]1OC(=O)Nc1ccccc1. The summed E-state index contributed by atoms with van der Waals surface area (Å²) < 4.78 is 153. The number of hydrogen-bond donors (Lipinski definition) is 10. The van der Waals surface area contributed by atoms with Crippen molar-refractivity contribution in [3.63, 3.8) is 0 Å². The Morgan fingerprint density at radius 1 is 0.582 bits per heavy atom. The Bertz CT molecular complexity index is 4260. The summed E-state index contributed by atoms with van der Waals surface area (Å²) in [5.41, 5.74) is -1.67. The number of amides is 4. The van der Waals surface area contributed by atoms with Gasteiger partial charge in [-0.2, -0.15) is 37.9 Å². The Morgan fingerprint density at radius 2 is 0.990 bits per heavy atom. The molecule has 4 unspecified atom stereocenters. The Balaban J connectivity index is 0.940. The molecule has 98 heavy (non-hydrogen) atoms. The van der Waals surface area contributed by atoms with Gasteiger partial charge in [-0.3, -0.25) is 49.2 Å². The highest BCUT2D eigenvalue weighted by Crippen LogP contribution is 2.71. The first-order valence-corrected chi connectivity index (χ1v) is 36.5. The molecule has 36 nitrogen and oxygen atoms in total. The van der Waals surface area contributed by atoms with Crippen LogP contribution < -0.4 is 37.8 Å². The van der Waals surface area contributed by atoms with E-state index >= 15 is 0 Å². The molecular formula is C53H56F3N11O25P4S2. The molecule has 2 aliphatic rings. The first-order chi connectivity index (χ1) is 46.5. The molecule has 2 aliphatic heterocycles. The van der Waals surface area contributed by atoms with Crippen LogP contribution in [-0.4, -0.2) is 153 Å². The molecule has 3 aromatic heterocycles. The maximum absolute atomic E-state index is 13.8. The van der Waals surface area contributed by atoms with Crippen molar-refractivity contribution >= 4 is 119 Å². The number of halogens is 3. The van der Waals surface area contributed by atoms with E-state index in [-0.39, 0.29) is 51.4 Å². The molecule has 4 aromatic carbocycles. The molecule has 9 rings (SSSR count). The van der Waals surface area contributed by atoms with Crippen molar-refractivity contribution < 1.29 is 121 Å². The fourth-order valence-electron chi connectivity index (χ4n) is 9.07. The number of phosphoric ester groups is 2. The fourth-order valence-corrected chi connectivity index (χ4v) is 15.2. The smallest absolute Gasteiger partial charge is 0.439 e. The number of hydrogen-bond acceptors (Lipinski definition) is 27. The number of H-pyrrole nitrogens is 1. The number of carbonyl (C=O) groups is 4. The summed E-state index contributed by atoms with van der Waals surface area (Å²) >= 11 is 2.05. The molecule has 0 saturated carbocycles. The molecule has 7 aromatic rings. The number of phosphoric acid groups is 4. The highest BCUT2D eigenvalue weighted by atomic mass is 32.2. The first-order valence-electron chi connectivity index (χ1n) is 28.1. The molecular weight excluding hydrogens is 1440 g/mol. The minimum absolute atomic E-state index is 0.0173. The Morgan fingerprint density at radius 3 is 1.40 bits per heavy atom. The number of thioether (sulfide) groups is 2. The predicted molar refractivity (Wildman–Crippen MR) is 339 cm³/mol. The summed E-state index contributed by atoms with van der Waals surface area (Å²) in [6.07, 6.45) is -22.7. The molecule has 2 fully saturated rings. The summed E-state index contributed by atoms with van der Waals surface area (Å²) in [4.78, 5) is 138. The highest BCUT2D eigenvalue weighted by Gasteiger charge is 2.55. The van der Waals surface area contributed by atoms with Crippen LogP contribution in [0.25, 0.3) is 11.2 Å². The summed E-state index contributed by atoms with van der Waals surface area (Å²) in [5.74, 6) is -0.00295. The van der Waals surface area contributed by atoms with Crippen molar-refractivity contribution in [3.05, 3.63) is 161 Å². The number of alkyl halides is 3. The topological polar surface area (TPSA) is 478 Å². The Kier molecular flexibility index (Phi) is 24.8. The van der Waals surface area contributed by atoms with E-state index in [1.165, 1.54) is 84.6 Å². The fraction of sp³-hybridized carbons (Fsp3) is 0.302. The summed E-state index contributed by atoms with van der Waals surface area (Å²) in [6, 6.07) is 31.2. The number of carbonyl (C=O) groups excluding carboxylic acids is 4. The lowest BCUT2D eigenvalue weighted by molar-refractivity contribution is -0.129. The van der Waals surface area contributed by atoms with Crippen LogP contribution in [0.2, 0.25) is 0 Å². The minimum Gasteiger partial charge on any atom is -0.439 e. The van der Waals surface area contributed by atoms with E-state index in [9.17, 15) is 79.8 Å². The van der Waals surface area contributed by atoms with Gasteiger partial charge in [-0.15, -0.1) is 0 Å². The van der Waals surface area contributed by atoms with E-state index in [0.29, 0.717) is 22.1 Å². The number of aromatic amines is 1. The number of nitrogens with zero attached hydrogens (tertiary/aromatic N) is 5. The zero-order valence-corrected chi connectivity index (χ0v) is 55.2. The molecule has 12 atom stereocenters. The quantitative estimate of drug-likeness (QED) is 0.00687.